The van der Waals surface area contributed by atoms with Crippen LogP contribution >= 0.6 is 0 Å². The molecular weight excluding hydrogens is 460 g/mol. The fraction of sp³-hybridized carbons (Fsp3) is 0.862. The van der Waals surface area contributed by atoms with Gasteiger partial charge in [-0.15, -0.1) is 0 Å². The van der Waals surface area contributed by atoms with Crippen LogP contribution in [0.15, 0.2) is 11.6 Å². The van der Waals surface area contributed by atoms with Crippen molar-refractivity contribution in [2.24, 2.45) is 57.7 Å². The molecule has 0 aromatic carbocycles. The third-order valence-electron chi connectivity index (χ3n) is 11.7. The van der Waals surface area contributed by atoms with E-state index in [-0.39, 0.29) is 48.4 Å². The first kappa shape index (κ1) is 25.0. The second-order valence-corrected chi connectivity index (χ2v) is 13.3. The zero-order valence-electron chi connectivity index (χ0n) is 22.2. The van der Waals surface area contributed by atoms with Gasteiger partial charge in [-0.3, -0.25) is 4.79 Å². The van der Waals surface area contributed by atoms with Crippen molar-refractivity contribution in [2.45, 2.75) is 84.9 Å². The van der Waals surface area contributed by atoms with Crippen molar-refractivity contribution in [3.63, 3.8) is 0 Å². The van der Waals surface area contributed by atoms with Crippen LogP contribution < -0.4 is 0 Å². The largest absolute Gasteiger partial charge is 0.481 e. The molecule has 36 heavy (non-hydrogen) atoms. The number of ether oxygens (including phenoxy) is 3. The van der Waals surface area contributed by atoms with E-state index < -0.39 is 34.6 Å². The smallest absolute Gasteiger partial charge is 0.315 e. The SMILES string of the molecule is CC(C)C1=CC2CC3(C=O)[C@@H]4CC[C@@H](C)[C@H]4CC2(CO[C@@H]2O[C@H](C)[C@H]4OC[C@@H](C)[C@H]4[C@@H]2O)C13C(=O)O. The van der Waals surface area contributed by atoms with Gasteiger partial charge in [-0.1, -0.05) is 45.8 Å². The van der Waals surface area contributed by atoms with Gasteiger partial charge in [0.05, 0.1) is 30.8 Å². The fourth-order valence-corrected chi connectivity index (χ4v) is 10.3. The van der Waals surface area contributed by atoms with Gasteiger partial charge in [-0.25, -0.2) is 0 Å². The van der Waals surface area contributed by atoms with Gasteiger partial charge in [0.2, 0.25) is 0 Å². The van der Waals surface area contributed by atoms with Crippen LogP contribution in [-0.4, -0.2) is 60.3 Å². The van der Waals surface area contributed by atoms with Gasteiger partial charge in [-0.2, -0.15) is 0 Å². The molecule has 7 nitrogen and oxygen atoms in total. The number of carboxylic acids is 1. The molecule has 5 fully saturated rings. The van der Waals surface area contributed by atoms with Crippen LogP contribution in [0.3, 0.4) is 0 Å². The van der Waals surface area contributed by atoms with Crippen LogP contribution in [0.1, 0.15) is 60.3 Å². The highest BCUT2D eigenvalue weighted by molar-refractivity contribution is 5.90. The minimum absolute atomic E-state index is 0.0225. The molecule has 0 aromatic rings. The molecule has 4 bridgehead atoms. The van der Waals surface area contributed by atoms with Crippen LogP contribution in [0.25, 0.3) is 0 Å². The van der Waals surface area contributed by atoms with Crippen LogP contribution in [0.2, 0.25) is 0 Å². The van der Waals surface area contributed by atoms with Crippen molar-refractivity contribution in [2.75, 3.05) is 13.2 Å². The van der Waals surface area contributed by atoms with Crippen molar-refractivity contribution < 1.29 is 34.0 Å². The molecule has 0 amide bonds. The average molecular weight is 503 g/mol. The minimum Gasteiger partial charge on any atom is -0.481 e. The molecular formula is C29H42O7. The summed E-state index contributed by atoms with van der Waals surface area (Å²) in [6.07, 6.45) is 4.43. The quantitative estimate of drug-likeness (QED) is 0.422. The molecule has 3 saturated carbocycles. The third-order valence-corrected chi connectivity index (χ3v) is 11.7. The van der Waals surface area contributed by atoms with E-state index in [9.17, 15) is 19.8 Å². The Morgan fingerprint density at radius 2 is 1.97 bits per heavy atom. The number of aliphatic hydroxyl groups is 1. The maximum absolute atomic E-state index is 13.6. The Morgan fingerprint density at radius 3 is 2.64 bits per heavy atom. The van der Waals surface area contributed by atoms with Crippen molar-refractivity contribution in [1.82, 2.24) is 0 Å². The lowest BCUT2D eigenvalue weighted by molar-refractivity contribution is -0.289. The molecule has 200 valence electrons. The van der Waals surface area contributed by atoms with Crippen molar-refractivity contribution in [3.8, 4) is 0 Å². The Bertz CT molecular complexity index is 977. The molecule has 6 rings (SSSR count). The van der Waals surface area contributed by atoms with Crippen LogP contribution in [-0.2, 0) is 23.8 Å². The number of allylic oxidation sites excluding steroid dienone is 1. The summed E-state index contributed by atoms with van der Waals surface area (Å²) in [5.74, 6) is 0.0776. The molecule has 13 atom stereocenters. The number of aliphatic hydroxyl groups excluding tert-OH is 1. The molecule has 2 saturated heterocycles. The Kier molecular flexibility index (Phi) is 5.64. The lowest BCUT2D eigenvalue weighted by Gasteiger charge is -2.58. The van der Waals surface area contributed by atoms with E-state index in [1.807, 2.05) is 20.8 Å². The second kappa shape index (κ2) is 8.11. The van der Waals surface area contributed by atoms with E-state index in [2.05, 4.69) is 19.9 Å². The lowest BCUT2D eigenvalue weighted by atomic mass is 9.43. The number of carbonyl (C=O) groups excluding carboxylic acids is 1. The summed E-state index contributed by atoms with van der Waals surface area (Å²) in [7, 11) is 0. The van der Waals surface area contributed by atoms with Gasteiger partial charge >= 0.3 is 5.97 Å². The number of aliphatic carboxylic acids is 1. The summed E-state index contributed by atoms with van der Waals surface area (Å²) in [6.45, 7) is 11.1. The number of rotatable bonds is 6. The molecule has 2 aliphatic heterocycles. The predicted octanol–water partition coefficient (Wildman–Crippen LogP) is 3.68. The Labute approximate surface area is 213 Å². The maximum atomic E-state index is 13.6. The number of hydrogen-bond donors (Lipinski definition) is 2. The normalized spacial score (nSPS) is 54.9. The number of carbonyl (C=O) groups is 2. The van der Waals surface area contributed by atoms with Gasteiger partial charge in [0.15, 0.2) is 6.29 Å². The van der Waals surface area contributed by atoms with E-state index in [0.29, 0.717) is 24.9 Å². The highest BCUT2D eigenvalue weighted by Crippen LogP contribution is 2.82. The van der Waals surface area contributed by atoms with Gasteiger partial charge in [-0.05, 0) is 61.7 Å². The Balaban J connectivity index is 1.40. The number of aldehydes is 1. The minimum atomic E-state index is -1.27. The zero-order valence-corrected chi connectivity index (χ0v) is 22.2. The summed E-state index contributed by atoms with van der Waals surface area (Å²) in [5.41, 5.74) is -2.01. The van der Waals surface area contributed by atoms with Gasteiger partial charge in [0.1, 0.15) is 17.8 Å². The average Bonchev–Trinajstić information content (AvgIpc) is 3.53. The monoisotopic (exact) mass is 502 g/mol. The van der Waals surface area contributed by atoms with Gasteiger partial charge in [0.25, 0.3) is 0 Å². The summed E-state index contributed by atoms with van der Waals surface area (Å²) in [6, 6.07) is 0. The zero-order chi connectivity index (χ0) is 25.8. The molecule has 4 aliphatic carbocycles. The summed E-state index contributed by atoms with van der Waals surface area (Å²) in [4.78, 5) is 26.7. The Morgan fingerprint density at radius 1 is 1.22 bits per heavy atom. The number of hydrogen-bond acceptors (Lipinski definition) is 6. The molecule has 0 aromatic heterocycles. The number of fused-ring (bicyclic) bond motifs is 3. The Hall–Kier alpha value is -1.28. The first-order valence-electron chi connectivity index (χ1n) is 14.0. The van der Waals surface area contributed by atoms with Crippen molar-refractivity contribution in [3.05, 3.63) is 11.6 Å². The van der Waals surface area contributed by atoms with Crippen LogP contribution in [0.4, 0.5) is 0 Å². The van der Waals surface area contributed by atoms with Gasteiger partial charge in [0, 0.05) is 11.3 Å². The van der Waals surface area contributed by atoms with E-state index >= 15 is 0 Å². The van der Waals surface area contributed by atoms with Gasteiger partial charge < -0.3 is 29.2 Å². The summed E-state index contributed by atoms with van der Waals surface area (Å²) in [5, 5.41) is 22.4. The second-order valence-electron chi connectivity index (χ2n) is 13.3. The molecule has 4 unspecified atom stereocenters. The third kappa shape index (κ3) is 2.73. The molecule has 2 heterocycles. The first-order chi connectivity index (χ1) is 17.1. The standard InChI is InChI=1S/C29H42O7/c1-14(2)21-8-18-9-27(12-30)20-7-6-15(3)19(20)10-28(18,29(21,27)26(32)33)13-35-25-23(31)22-16(4)11-34-24(22)17(5)36-25/h8,12,14-20,22-25,31H,6-7,9-11,13H2,1-5H3,(H,32,33)/t15-,16-,17-,18?,19-,20-,22+,23+,24-,25-,27?,28?,29?/m1/s1. The van der Waals surface area contributed by atoms with E-state index in [4.69, 9.17) is 14.2 Å². The molecule has 0 spiro atoms. The van der Waals surface area contributed by atoms with E-state index in [0.717, 1.165) is 31.1 Å². The van der Waals surface area contributed by atoms with Crippen LogP contribution in [0.5, 0.6) is 0 Å². The summed E-state index contributed by atoms with van der Waals surface area (Å²) >= 11 is 0. The highest BCUT2D eigenvalue weighted by Gasteiger charge is 2.84. The predicted molar refractivity (Wildman–Crippen MR) is 131 cm³/mol. The van der Waals surface area contributed by atoms with Crippen molar-refractivity contribution in [1.29, 1.82) is 0 Å². The van der Waals surface area contributed by atoms with Crippen molar-refractivity contribution >= 4 is 12.3 Å². The topological polar surface area (TPSA) is 102 Å². The number of carboxylic acid groups (broad SMARTS) is 1. The molecule has 6 aliphatic rings. The van der Waals surface area contributed by atoms with E-state index in [1.165, 1.54) is 0 Å². The first-order valence-corrected chi connectivity index (χ1v) is 14.0. The highest BCUT2D eigenvalue weighted by atomic mass is 16.7. The summed E-state index contributed by atoms with van der Waals surface area (Å²) < 4.78 is 18.5. The van der Waals surface area contributed by atoms with E-state index in [1.54, 1.807) is 0 Å². The van der Waals surface area contributed by atoms with Crippen LogP contribution in [0, 0.1) is 57.7 Å². The molecule has 2 N–H and O–H groups in total. The molecule has 0 radical (unpaired) electrons. The molecule has 7 heteroatoms. The fourth-order valence-electron chi connectivity index (χ4n) is 10.3. The maximum Gasteiger partial charge on any atom is 0.315 e. The lowest BCUT2D eigenvalue weighted by Crippen LogP contribution is -2.64.